The monoisotopic (exact) mass is 464 g/mol. The lowest BCUT2D eigenvalue weighted by Crippen LogP contribution is -2.21. The van der Waals surface area contributed by atoms with Gasteiger partial charge in [0.15, 0.2) is 0 Å². The van der Waals surface area contributed by atoms with E-state index in [1.54, 1.807) is 11.1 Å². The molecule has 35 heavy (non-hydrogen) atoms. The third-order valence-electron chi connectivity index (χ3n) is 8.11. The third kappa shape index (κ3) is 3.92. The summed E-state index contributed by atoms with van der Waals surface area (Å²) in [5, 5.41) is 0. The van der Waals surface area contributed by atoms with Crippen LogP contribution in [0.5, 0.6) is 0 Å². The molecule has 182 valence electrons. The van der Waals surface area contributed by atoms with Crippen molar-refractivity contribution in [3.63, 3.8) is 0 Å². The zero-order valence-corrected chi connectivity index (χ0v) is 22.6. The molecule has 0 amide bonds. The number of rotatable bonds is 2. The number of nitrogens with zero attached hydrogens (tertiary/aromatic N) is 2. The zero-order valence-electron chi connectivity index (χ0n) is 22.6. The first-order valence-electron chi connectivity index (χ1n) is 13.6. The van der Waals surface area contributed by atoms with Gasteiger partial charge in [-0.1, -0.05) is 77.1 Å². The van der Waals surface area contributed by atoms with Crippen molar-refractivity contribution in [2.24, 2.45) is 0 Å². The summed E-state index contributed by atoms with van der Waals surface area (Å²) in [6.45, 7) is 15.4. The first-order valence-corrected chi connectivity index (χ1v) is 13.6. The van der Waals surface area contributed by atoms with Gasteiger partial charge < -0.3 is 0 Å². The summed E-state index contributed by atoms with van der Waals surface area (Å²) in [4.78, 5) is 5.37. The molecular formula is C33H40N2. The lowest BCUT2D eigenvalue weighted by Gasteiger charge is -2.38. The van der Waals surface area contributed by atoms with Gasteiger partial charge in [0.05, 0.1) is 16.7 Å². The Morgan fingerprint density at radius 2 is 1.34 bits per heavy atom. The highest BCUT2D eigenvalue weighted by molar-refractivity contribution is 5.86. The van der Waals surface area contributed by atoms with Crippen LogP contribution in [0.15, 0.2) is 54.6 Å². The SMILES string of the molecule is CC.Cc1cccc(C)c1-n1c(-c2ccccc2C(C)(C)C)nc2cc3c(cc21)C1CCC3CC1. The van der Waals surface area contributed by atoms with E-state index in [0.717, 1.165) is 23.2 Å². The summed E-state index contributed by atoms with van der Waals surface area (Å²) in [5.41, 5.74) is 12.1. The van der Waals surface area contributed by atoms with Gasteiger partial charge in [-0.3, -0.25) is 4.57 Å². The quantitative estimate of drug-likeness (QED) is 0.289. The molecule has 3 aliphatic carbocycles. The second-order valence-corrected chi connectivity index (χ2v) is 11.3. The molecule has 2 bridgehead atoms. The van der Waals surface area contributed by atoms with Crippen molar-refractivity contribution in [3.8, 4) is 17.1 Å². The molecule has 3 aromatic carbocycles. The lowest BCUT2D eigenvalue weighted by atomic mass is 9.67. The number of fused-ring (bicyclic) bond motifs is 3. The van der Waals surface area contributed by atoms with Crippen LogP contribution in [0, 0.1) is 13.8 Å². The van der Waals surface area contributed by atoms with Gasteiger partial charge in [0.1, 0.15) is 5.82 Å². The van der Waals surface area contributed by atoms with E-state index < -0.39 is 0 Å². The zero-order chi connectivity index (χ0) is 24.9. The molecule has 1 aromatic heterocycles. The summed E-state index contributed by atoms with van der Waals surface area (Å²) < 4.78 is 2.47. The van der Waals surface area contributed by atoms with Gasteiger partial charge >= 0.3 is 0 Å². The van der Waals surface area contributed by atoms with Crippen LogP contribution in [0.1, 0.15) is 100.0 Å². The molecule has 0 aliphatic heterocycles. The fraction of sp³-hybridized carbons (Fsp3) is 0.424. The minimum absolute atomic E-state index is 0.0404. The molecule has 0 N–H and O–H groups in total. The first-order chi connectivity index (χ1) is 16.8. The van der Waals surface area contributed by atoms with Gasteiger partial charge in [0.2, 0.25) is 0 Å². The second kappa shape index (κ2) is 8.97. The van der Waals surface area contributed by atoms with Crippen LogP contribution in [0.3, 0.4) is 0 Å². The molecule has 2 heteroatoms. The van der Waals surface area contributed by atoms with E-state index in [0.29, 0.717) is 0 Å². The minimum Gasteiger partial charge on any atom is -0.292 e. The summed E-state index contributed by atoms with van der Waals surface area (Å²) in [6.07, 6.45) is 5.39. The summed E-state index contributed by atoms with van der Waals surface area (Å²) in [7, 11) is 0. The molecule has 2 nitrogen and oxygen atoms in total. The Labute approximate surface area is 211 Å². The van der Waals surface area contributed by atoms with Crippen LogP contribution in [-0.2, 0) is 5.41 Å². The van der Waals surface area contributed by atoms with E-state index in [2.05, 4.69) is 93.8 Å². The highest BCUT2D eigenvalue weighted by Crippen LogP contribution is 2.51. The fourth-order valence-corrected chi connectivity index (χ4v) is 6.48. The molecule has 0 unspecified atom stereocenters. The molecule has 1 heterocycles. The maximum atomic E-state index is 5.37. The van der Waals surface area contributed by atoms with Crippen LogP contribution in [0.4, 0.5) is 0 Å². The van der Waals surface area contributed by atoms with E-state index in [1.165, 1.54) is 59.1 Å². The average Bonchev–Trinajstić information content (AvgIpc) is 3.22. The summed E-state index contributed by atoms with van der Waals surface area (Å²) >= 11 is 0. The molecule has 0 atom stereocenters. The third-order valence-corrected chi connectivity index (χ3v) is 8.11. The molecule has 0 radical (unpaired) electrons. The maximum absolute atomic E-state index is 5.37. The van der Waals surface area contributed by atoms with Gasteiger partial charge in [-0.15, -0.1) is 0 Å². The van der Waals surface area contributed by atoms with E-state index >= 15 is 0 Å². The molecule has 1 saturated carbocycles. The fourth-order valence-electron chi connectivity index (χ4n) is 6.48. The highest BCUT2D eigenvalue weighted by Gasteiger charge is 2.34. The van der Waals surface area contributed by atoms with Crippen molar-refractivity contribution in [3.05, 3.63) is 82.4 Å². The Hall–Kier alpha value is -2.87. The Kier molecular flexibility index (Phi) is 6.11. The molecule has 7 rings (SSSR count). The number of hydrogen-bond acceptors (Lipinski definition) is 1. The van der Waals surface area contributed by atoms with E-state index in [9.17, 15) is 0 Å². The topological polar surface area (TPSA) is 17.8 Å². The normalized spacial score (nSPS) is 18.8. The molecular weight excluding hydrogens is 424 g/mol. The number of imidazole rings is 1. The van der Waals surface area contributed by atoms with Crippen LogP contribution < -0.4 is 0 Å². The van der Waals surface area contributed by atoms with Gasteiger partial charge in [-0.05, 0) is 96.7 Å². The number of para-hydroxylation sites is 1. The van der Waals surface area contributed by atoms with Crippen molar-refractivity contribution in [2.45, 2.75) is 91.4 Å². The Morgan fingerprint density at radius 1 is 0.771 bits per heavy atom. The van der Waals surface area contributed by atoms with Crippen LogP contribution in [0.25, 0.3) is 28.1 Å². The lowest BCUT2D eigenvalue weighted by molar-refractivity contribution is 0.359. The highest BCUT2D eigenvalue weighted by atomic mass is 15.1. The van der Waals surface area contributed by atoms with Gasteiger partial charge in [0, 0.05) is 5.56 Å². The smallest absolute Gasteiger partial charge is 0.146 e. The second-order valence-electron chi connectivity index (χ2n) is 11.3. The van der Waals surface area contributed by atoms with Crippen LogP contribution in [0.2, 0.25) is 0 Å². The van der Waals surface area contributed by atoms with Gasteiger partial charge in [-0.2, -0.15) is 0 Å². The predicted octanol–water partition coefficient (Wildman–Crippen LogP) is 9.39. The van der Waals surface area contributed by atoms with Crippen molar-refractivity contribution in [1.82, 2.24) is 9.55 Å². The summed E-state index contributed by atoms with van der Waals surface area (Å²) in [5.74, 6) is 2.52. The Morgan fingerprint density at radius 3 is 1.94 bits per heavy atom. The molecule has 4 aromatic rings. The maximum Gasteiger partial charge on any atom is 0.146 e. The number of aryl methyl sites for hydroxylation is 2. The minimum atomic E-state index is 0.0404. The predicted molar refractivity (Wildman–Crippen MR) is 150 cm³/mol. The molecule has 0 saturated heterocycles. The van der Waals surface area contributed by atoms with E-state index in [-0.39, 0.29) is 5.41 Å². The van der Waals surface area contributed by atoms with E-state index in [1.807, 2.05) is 13.8 Å². The van der Waals surface area contributed by atoms with Crippen molar-refractivity contribution >= 4 is 11.0 Å². The first kappa shape index (κ1) is 23.9. The van der Waals surface area contributed by atoms with Crippen LogP contribution >= 0.6 is 0 Å². The largest absolute Gasteiger partial charge is 0.292 e. The van der Waals surface area contributed by atoms with Crippen LogP contribution in [-0.4, -0.2) is 9.55 Å². The number of aromatic nitrogens is 2. The Bertz CT molecular complexity index is 1350. The molecule has 1 fully saturated rings. The van der Waals surface area contributed by atoms with Gasteiger partial charge in [0.25, 0.3) is 0 Å². The summed E-state index contributed by atoms with van der Waals surface area (Å²) in [6, 6.07) is 20.4. The molecule has 3 aliphatic rings. The van der Waals surface area contributed by atoms with Crippen molar-refractivity contribution < 1.29 is 0 Å². The van der Waals surface area contributed by atoms with Gasteiger partial charge in [-0.25, -0.2) is 4.98 Å². The van der Waals surface area contributed by atoms with Crippen molar-refractivity contribution in [1.29, 1.82) is 0 Å². The standard InChI is InChI=1S/C31H34N2.C2H6/c1-19-9-8-10-20(2)29(19)33-28-18-25-22-15-13-21(14-16-22)24(25)17-27(28)32-30(33)23-11-6-7-12-26(23)31(3,4)5;1-2/h6-12,17-18,21-22H,13-16H2,1-5H3;1-2H3. The van der Waals surface area contributed by atoms with Crippen molar-refractivity contribution in [2.75, 3.05) is 0 Å². The Balaban J connectivity index is 0.00000124. The van der Waals surface area contributed by atoms with E-state index in [4.69, 9.17) is 4.98 Å². The average molecular weight is 465 g/mol. The number of benzene rings is 3. The molecule has 0 spiro atoms. The number of hydrogen-bond donors (Lipinski definition) is 0.